The average molecular weight is 418 g/mol. The number of hydrogen-bond acceptors (Lipinski definition) is 9. The van der Waals surface area contributed by atoms with Crippen molar-refractivity contribution < 1.29 is 43.9 Å². The normalized spacial score (nSPS) is 37.1. The van der Waals surface area contributed by atoms with Gasteiger partial charge in [0.2, 0.25) is 0 Å². The molecule has 0 aliphatic carbocycles. The topological polar surface area (TPSA) is 140 Å². The van der Waals surface area contributed by atoms with E-state index >= 15 is 0 Å². The van der Waals surface area contributed by atoms with E-state index in [-0.39, 0.29) is 54.6 Å². The fourth-order valence-corrected chi connectivity index (χ4v) is 3.41. The molecular formula is C20H34O9. The molecule has 0 aromatic rings. The highest BCUT2D eigenvalue weighted by molar-refractivity contribution is 5.76. The summed E-state index contributed by atoms with van der Waals surface area (Å²) in [6.07, 6.45) is -3.90. The maximum absolute atomic E-state index is 11.1. The zero-order valence-corrected chi connectivity index (χ0v) is 17.7. The first-order chi connectivity index (χ1) is 13.4. The minimum atomic E-state index is -1.22. The molecule has 8 atom stereocenters. The predicted octanol–water partition coefficient (Wildman–Crippen LogP) is 0.0152. The zero-order chi connectivity index (χ0) is 22.3. The molecule has 2 heterocycles. The molecule has 0 unspecified atom stereocenters. The van der Waals surface area contributed by atoms with Crippen molar-refractivity contribution in [1.82, 2.24) is 0 Å². The van der Waals surface area contributed by atoms with Gasteiger partial charge in [-0.1, -0.05) is 13.8 Å². The number of esters is 1. The summed E-state index contributed by atoms with van der Waals surface area (Å²) in [5.41, 5.74) is 0. The summed E-state index contributed by atoms with van der Waals surface area (Å²) in [6.45, 7) is 8.77. The third-order valence-corrected chi connectivity index (χ3v) is 5.38. The second kappa shape index (κ2) is 11.7. The molecule has 0 radical (unpaired) electrons. The van der Waals surface area contributed by atoms with Gasteiger partial charge in [-0.05, 0) is 19.8 Å². The van der Waals surface area contributed by atoms with Crippen LogP contribution in [0.4, 0.5) is 0 Å². The molecule has 2 aliphatic heterocycles. The molecule has 168 valence electrons. The molecule has 0 spiro atoms. The van der Waals surface area contributed by atoms with Crippen LogP contribution in [-0.4, -0.2) is 82.7 Å². The van der Waals surface area contributed by atoms with Crippen molar-refractivity contribution in [1.29, 1.82) is 0 Å². The number of aliphatic hydroxyl groups excluding tert-OH is 3. The highest BCUT2D eigenvalue weighted by Gasteiger charge is 2.38. The van der Waals surface area contributed by atoms with Crippen molar-refractivity contribution >= 4 is 17.5 Å². The van der Waals surface area contributed by atoms with Gasteiger partial charge in [0.25, 0.3) is 0 Å². The van der Waals surface area contributed by atoms with Gasteiger partial charge in [-0.3, -0.25) is 14.4 Å². The molecular weight excluding hydrogens is 384 g/mol. The highest BCUT2D eigenvalue weighted by Crippen LogP contribution is 2.30. The summed E-state index contributed by atoms with van der Waals surface area (Å²) in [6, 6.07) is 0. The van der Waals surface area contributed by atoms with Gasteiger partial charge in [-0.25, -0.2) is 0 Å². The Labute approximate surface area is 171 Å². The van der Waals surface area contributed by atoms with E-state index in [0.717, 1.165) is 0 Å². The molecule has 29 heavy (non-hydrogen) atoms. The Balaban J connectivity index is 0.000000296. The molecule has 0 aromatic heterocycles. The van der Waals surface area contributed by atoms with Crippen LogP contribution in [-0.2, 0) is 28.6 Å². The van der Waals surface area contributed by atoms with Gasteiger partial charge in [0.15, 0.2) is 0 Å². The van der Waals surface area contributed by atoms with Crippen LogP contribution in [0, 0.1) is 11.8 Å². The van der Waals surface area contributed by atoms with Gasteiger partial charge in [-0.15, -0.1) is 0 Å². The van der Waals surface area contributed by atoms with Crippen LogP contribution in [0.15, 0.2) is 0 Å². The Kier molecular flexibility index (Phi) is 10.4. The van der Waals surface area contributed by atoms with Crippen molar-refractivity contribution in [3.05, 3.63) is 0 Å². The number of carbonyl (C=O) groups is 3. The van der Waals surface area contributed by atoms with Gasteiger partial charge in [0.05, 0.1) is 25.4 Å². The van der Waals surface area contributed by atoms with Crippen LogP contribution in [0.1, 0.15) is 47.5 Å². The van der Waals surface area contributed by atoms with Crippen molar-refractivity contribution in [2.24, 2.45) is 11.8 Å². The maximum atomic E-state index is 11.1. The number of carbonyl (C=O) groups excluding carboxylic acids is 3. The van der Waals surface area contributed by atoms with E-state index in [1.54, 1.807) is 6.92 Å². The second-order valence-corrected chi connectivity index (χ2v) is 7.97. The molecule has 0 saturated carbocycles. The van der Waals surface area contributed by atoms with Crippen molar-refractivity contribution in [2.45, 2.75) is 84.1 Å². The molecule has 3 N–H and O–H groups in total. The third-order valence-electron chi connectivity index (χ3n) is 5.38. The standard InChI is InChI=1S/C12H20O4.C8H14O5/c1-7(13)5-11-8(2)9(3)12(6-15-11)16-10(4)14;1-4(9)2-6-8(12)7(11)5(10)3-13-6/h8-9,11-12H,5-6H2,1-4H3;5-8,10-12H,2-3H2,1H3/t8-,9-,11+,12-;5-,6+,7+,8+/m11/s1. The smallest absolute Gasteiger partial charge is 0.302 e. The summed E-state index contributed by atoms with van der Waals surface area (Å²) < 4.78 is 15.8. The minimum absolute atomic E-state index is 0.0423. The summed E-state index contributed by atoms with van der Waals surface area (Å²) in [5, 5.41) is 27.7. The largest absolute Gasteiger partial charge is 0.460 e. The lowest BCUT2D eigenvalue weighted by Crippen LogP contribution is -2.53. The van der Waals surface area contributed by atoms with E-state index < -0.39 is 24.4 Å². The number of aliphatic hydroxyl groups is 3. The van der Waals surface area contributed by atoms with Crippen molar-refractivity contribution in [3.8, 4) is 0 Å². The predicted molar refractivity (Wildman–Crippen MR) is 102 cm³/mol. The van der Waals surface area contributed by atoms with E-state index in [9.17, 15) is 24.6 Å². The van der Waals surface area contributed by atoms with Gasteiger partial charge in [-0.2, -0.15) is 0 Å². The molecule has 2 saturated heterocycles. The van der Waals surface area contributed by atoms with E-state index in [4.69, 9.17) is 19.3 Å². The zero-order valence-electron chi connectivity index (χ0n) is 17.7. The first kappa shape index (κ1) is 25.6. The number of hydrogen-bond donors (Lipinski definition) is 3. The molecule has 2 rings (SSSR count). The summed E-state index contributed by atoms with van der Waals surface area (Å²) in [5.74, 6) is 0.185. The lowest BCUT2D eigenvalue weighted by Gasteiger charge is -2.38. The Morgan fingerprint density at radius 2 is 1.34 bits per heavy atom. The van der Waals surface area contributed by atoms with E-state index in [0.29, 0.717) is 13.0 Å². The fraction of sp³-hybridized carbons (Fsp3) is 0.850. The number of ether oxygens (including phenoxy) is 3. The van der Waals surface area contributed by atoms with Crippen LogP contribution >= 0.6 is 0 Å². The summed E-state index contributed by atoms with van der Waals surface area (Å²) in [7, 11) is 0. The monoisotopic (exact) mass is 418 g/mol. The third kappa shape index (κ3) is 8.10. The molecule has 0 aromatic carbocycles. The quantitative estimate of drug-likeness (QED) is 0.527. The molecule has 9 nitrogen and oxygen atoms in total. The number of ketones is 2. The maximum Gasteiger partial charge on any atom is 0.302 e. The molecule has 0 bridgehead atoms. The van der Waals surface area contributed by atoms with E-state index in [2.05, 4.69) is 0 Å². The van der Waals surface area contributed by atoms with E-state index in [1.165, 1.54) is 13.8 Å². The van der Waals surface area contributed by atoms with Gasteiger partial charge in [0.1, 0.15) is 36.0 Å². The highest BCUT2D eigenvalue weighted by atomic mass is 16.6. The lowest BCUT2D eigenvalue weighted by molar-refractivity contribution is -0.188. The molecule has 2 fully saturated rings. The first-order valence-corrected chi connectivity index (χ1v) is 9.87. The fourth-order valence-electron chi connectivity index (χ4n) is 3.41. The van der Waals surface area contributed by atoms with Crippen LogP contribution in [0.5, 0.6) is 0 Å². The summed E-state index contributed by atoms with van der Waals surface area (Å²) >= 11 is 0. The van der Waals surface area contributed by atoms with Crippen LogP contribution in [0.2, 0.25) is 0 Å². The van der Waals surface area contributed by atoms with Gasteiger partial charge < -0.3 is 29.5 Å². The van der Waals surface area contributed by atoms with Gasteiger partial charge in [0, 0.05) is 25.7 Å². The van der Waals surface area contributed by atoms with Crippen LogP contribution < -0.4 is 0 Å². The second-order valence-electron chi connectivity index (χ2n) is 7.97. The SMILES string of the molecule is CC(=O)C[C@@H]1OC[C@@H](O)[C@H](O)[C@H]1O.CC(=O)C[C@@H]1OC[C@@H](OC(C)=O)[C@H](C)[C@H]1C. The Bertz CT molecular complexity index is 536. The number of rotatable bonds is 5. The van der Waals surface area contributed by atoms with Crippen LogP contribution in [0.3, 0.4) is 0 Å². The minimum Gasteiger partial charge on any atom is -0.460 e. The van der Waals surface area contributed by atoms with Crippen LogP contribution in [0.25, 0.3) is 0 Å². The van der Waals surface area contributed by atoms with Crippen molar-refractivity contribution in [2.75, 3.05) is 13.2 Å². The number of Topliss-reactive ketones (excluding diaryl/α,β-unsaturated/α-hetero) is 2. The Morgan fingerprint density at radius 3 is 1.86 bits per heavy atom. The Hall–Kier alpha value is -1.39. The lowest BCUT2D eigenvalue weighted by atomic mass is 9.82. The van der Waals surface area contributed by atoms with Gasteiger partial charge >= 0.3 is 5.97 Å². The molecule has 9 heteroatoms. The first-order valence-electron chi connectivity index (χ1n) is 9.87. The molecule has 0 amide bonds. The average Bonchev–Trinajstić information content (AvgIpc) is 2.62. The molecule has 2 aliphatic rings. The Morgan fingerprint density at radius 1 is 0.828 bits per heavy atom. The van der Waals surface area contributed by atoms with Crippen molar-refractivity contribution in [3.63, 3.8) is 0 Å². The van der Waals surface area contributed by atoms with E-state index in [1.807, 2.05) is 13.8 Å². The summed E-state index contributed by atoms with van der Waals surface area (Å²) in [4.78, 5) is 32.7.